The Morgan fingerprint density at radius 2 is 1.81 bits per heavy atom. The van der Waals surface area contributed by atoms with Gasteiger partial charge in [0.15, 0.2) is 5.76 Å². The van der Waals surface area contributed by atoms with Crippen LogP contribution in [0.4, 0.5) is 0 Å². The molecule has 0 aromatic heterocycles. The molecule has 2 aromatic carbocycles. The standard InChI is InChI=1S/C22H23NO4/c1-25-17-6-4-16(5-7-17)14-21-22(24)19-9-8-18(15-20(19)27-21)26-13-12-23-10-2-3-11-23/h4-9,14-15H,2-3,10-13H2,1H3/b21-14-. The zero-order chi connectivity index (χ0) is 18.6. The number of ketones is 1. The Bertz CT molecular complexity index is 851. The highest BCUT2D eigenvalue weighted by atomic mass is 16.5. The smallest absolute Gasteiger partial charge is 0.231 e. The summed E-state index contributed by atoms with van der Waals surface area (Å²) in [6.45, 7) is 3.89. The number of carbonyl (C=O) groups is 1. The van der Waals surface area contributed by atoms with E-state index < -0.39 is 0 Å². The number of likely N-dealkylation sites (tertiary alicyclic amines) is 1. The minimum absolute atomic E-state index is 0.107. The normalized spacial score (nSPS) is 17.8. The molecule has 2 heterocycles. The second kappa shape index (κ2) is 7.84. The molecule has 0 amide bonds. The van der Waals surface area contributed by atoms with Crippen molar-refractivity contribution >= 4 is 11.9 Å². The fourth-order valence-electron chi connectivity index (χ4n) is 3.41. The first kappa shape index (κ1) is 17.6. The number of Topliss-reactive ketones (excluding diaryl/α,β-unsaturated/α-hetero) is 1. The minimum Gasteiger partial charge on any atom is -0.497 e. The number of hydrogen-bond donors (Lipinski definition) is 0. The van der Waals surface area contributed by atoms with Gasteiger partial charge in [0, 0.05) is 12.6 Å². The van der Waals surface area contributed by atoms with Crippen LogP contribution in [0.25, 0.3) is 6.08 Å². The van der Waals surface area contributed by atoms with E-state index in [1.807, 2.05) is 30.3 Å². The number of methoxy groups -OCH3 is 1. The van der Waals surface area contributed by atoms with Crippen LogP contribution in [0.2, 0.25) is 0 Å². The summed E-state index contributed by atoms with van der Waals surface area (Å²) in [5.41, 5.74) is 1.45. The number of rotatable bonds is 6. The lowest BCUT2D eigenvalue weighted by Crippen LogP contribution is -2.25. The van der Waals surface area contributed by atoms with E-state index in [2.05, 4.69) is 4.90 Å². The third kappa shape index (κ3) is 3.98. The molecule has 2 aliphatic rings. The van der Waals surface area contributed by atoms with Crippen LogP contribution in [0.3, 0.4) is 0 Å². The van der Waals surface area contributed by atoms with Gasteiger partial charge in [0.05, 0.1) is 12.7 Å². The molecular weight excluding hydrogens is 342 g/mol. The number of nitrogens with zero attached hydrogens (tertiary/aromatic N) is 1. The predicted molar refractivity (Wildman–Crippen MR) is 104 cm³/mol. The number of benzene rings is 2. The Labute approximate surface area is 159 Å². The van der Waals surface area contributed by atoms with Crippen LogP contribution >= 0.6 is 0 Å². The Balaban J connectivity index is 1.42. The molecule has 5 heteroatoms. The Hall–Kier alpha value is -2.79. The summed E-state index contributed by atoms with van der Waals surface area (Å²) in [5, 5.41) is 0. The molecular formula is C22H23NO4. The molecule has 140 valence electrons. The van der Waals surface area contributed by atoms with Crippen LogP contribution in [0.1, 0.15) is 28.8 Å². The van der Waals surface area contributed by atoms with Crippen molar-refractivity contribution in [1.82, 2.24) is 4.90 Å². The van der Waals surface area contributed by atoms with Gasteiger partial charge in [0.25, 0.3) is 0 Å². The maximum Gasteiger partial charge on any atom is 0.231 e. The Morgan fingerprint density at radius 3 is 2.56 bits per heavy atom. The van der Waals surface area contributed by atoms with Crippen molar-refractivity contribution in [3.05, 3.63) is 59.4 Å². The maximum atomic E-state index is 12.6. The summed E-state index contributed by atoms with van der Waals surface area (Å²) in [4.78, 5) is 15.0. The third-order valence-electron chi connectivity index (χ3n) is 4.93. The molecule has 4 rings (SSSR count). The van der Waals surface area contributed by atoms with E-state index in [0.29, 0.717) is 23.7 Å². The highest BCUT2D eigenvalue weighted by molar-refractivity contribution is 6.14. The van der Waals surface area contributed by atoms with Crippen molar-refractivity contribution in [3.8, 4) is 17.2 Å². The molecule has 0 aliphatic carbocycles. The molecule has 0 unspecified atom stereocenters. The zero-order valence-electron chi connectivity index (χ0n) is 15.4. The zero-order valence-corrected chi connectivity index (χ0v) is 15.4. The van der Waals surface area contributed by atoms with Crippen molar-refractivity contribution < 1.29 is 19.0 Å². The van der Waals surface area contributed by atoms with Crippen molar-refractivity contribution in [2.45, 2.75) is 12.8 Å². The minimum atomic E-state index is -0.107. The van der Waals surface area contributed by atoms with Gasteiger partial charge >= 0.3 is 0 Å². The second-order valence-corrected chi connectivity index (χ2v) is 6.77. The van der Waals surface area contributed by atoms with Crippen LogP contribution in [-0.2, 0) is 0 Å². The molecule has 0 N–H and O–H groups in total. The van der Waals surface area contributed by atoms with Gasteiger partial charge in [-0.1, -0.05) is 12.1 Å². The highest BCUT2D eigenvalue weighted by Gasteiger charge is 2.27. The second-order valence-electron chi connectivity index (χ2n) is 6.77. The van der Waals surface area contributed by atoms with Crippen LogP contribution in [-0.4, -0.2) is 44.0 Å². The van der Waals surface area contributed by atoms with Gasteiger partial charge in [-0.05, 0) is 61.8 Å². The lowest BCUT2D eigenvalue weighted by Gasteiger charge is -2.15. The topological polar surface area (TPSA) is 48.0 Å². The van der Waals surface area contributed by atoms with E-state index in [-0.39, 0.29) is 5.78 Å². The summed E-state index contributed by atoms with van der Waals surface area (Å²) in [5.74, 6) is 2.27. The number of hydrogen-bond acceptors (Lipinski definition) is 5. The number of allylic oxidation sites excluding steroid dienone is 1. The van der Waals surface area contributed by atoms with Gasteiger partial charge in [0.2, 0.25) is 5.78 Å². The Kier molecular flexibility index (Phi) is 5.12. The number of ether oxygens (including phenoxy) is 3. The van der Waals surface area contributed by atoms with Crippen molar-refractivity contribution in [2.24, 2.45) is 0 Å². The van der Waals surface area contributed by atoms with Crippen LogP contribution in [0.5, 0.6) is 17.2 Å². The molecule has 0 radical (unpaired) electrons. The van der Waals surface area contributed by atoms with Crippen LogP contribution in [0, 0.1) is 0 Å². The van der Waals surface area contributed by atoms with Gasteiger partial charge in [-0.2, -0.15) is 0 Å². The summed E-state index contributed by atoms with van der Waals surface area (Å²) < 4.78 is 16.8. The first-order valence-electron chi connectivity index (χ1n) is 9.30. The first-order chi connectivity index (χ1) is 13.2. The van der Waals surface area contributed by atoms with Gasteiger partial charge in [-0.25, -0.2) is 0 Å². The first-order valence-corrected chi connectivity index (χ1v) is 9.30. The SMILES string of the molecule is COc1ccc(/C=C2\Oc3cc(OCCN4CCCC4)ccc3C2=O)cc1. The van der Waals surface area contributed by atoms with Crippen molar-refractivity contribution in [2.75, 3.05) is 33.4 Å². The molecule has 1 saturated heterocycles. The fourth-order valence-corrected chi connectivity index (χ4v) is 3.41. The molecule has 2 aromatic rings. The summed E-state index contributed by atoms with van der Waals surface area (Å²) >= 11 is 0. The van der Waals surface area contributed by atoms with E-state index in [4.69, 9.17) is 14.2 Å². The van der Waals surface area contributed by atoms with E-state index in [9.17, 15) is 4.79 Å². The molecule has 27 heavy (non-hydrogen) atoms. The monoisotopic (exact) mass is 365 g/mol. The molecule has 5 nitrogen and oxygen atoms in total. The fraction of sp³-hybridized carbons (Fsp3) is 0.318. The summed E-state index contributed by atoms with van der Waals surface area (Å²) in [6.07, 6.45) is 4.30. The number of carbonyl (C=O) groups excluding carboxylic acids is 1. The number of fused-ring (bicyclic) bond motifs is 1. The van der Waals surface area contributed by atoms with Crippen LogP contribution in [0.15, 0.2) is 48.2 Å². The largest absolute Gasteiger partial charge is 0.497 e. The molecule has 0 bridgehead atoms. The lowest BCUT2D eigenvalue weighted by molar-refractivity contribution is 0.101. The average molecular weight is 365 g/mol. The van der Waals surface area contributed by atoms with Crippen molar-refractivity contribution in [1.29, 1.82) is 0 Å². The molecule has 0 atom stereocenters. The molecule has 2 aliphatic heterocycles. The van der Waals surface area contributed by atoms with Crippen molar-refractivity contribution in [3.63, 3.8) is 0 Å². The van der Waals surface area contributed by atoms with Gasteiger partial charge in [-0.3, -0.25) is 9.69 Å². The Morgan fingerprint density at radius 1 is 1.07 bits per heavy atom. The quantitative estimate of drug-likeness (QED) is 0.729. The summed E-state index contributed by atoms with van der Waals surface area (Å²) in [6, 6.07) is 12.9. The van der Waals surface area contributed by atoms with E-state index in [0.717, 1.165) is 36.7 Å². The third-order valence-corrected chi connectivity index (χ3v) is 4.93. The molecule has 0 saturated carbocycles. The van der Waals surface area contributed by atoms with E-state index in [1.165, 1.54) is 12.8 Å². The van der Waals surface area contributed by atoms with Gasteiger partial charge in [-0.15, -0.1) is 0 Å². The average Bonchev–Trinajstić information content (AvgIpc) is 3.31. The predicted octanol–water partition coefficient (Wildman–Crippen LogP) is 3.79. The molecule has 1 fully saturated rings. The van der Waals surface area contributed by atoms with Gasteiger partial charge < -0.3 is 14.2 Å². The molecule has 0 spiro atoms. The maximum absolute atomic E-state index is 12.6. The van der Waals surface area contributed by atoms with Gasteiger partial charge in [0.1, 0.15) is 23.9 Å². The lowest BCUT2D eigenvalue weighted by atomic mass is 10.1. The van der Waals surface area contributed by atoms with E-state index in [1.54, 1.807) is 25.3 Å². The van der Waals surface area contributed by atoms with E-state index >= 15 is 0 Å². The summed E-state index contributed by atoms with van der Waals surface area (Å²) in [7, 11) is 1.62. The highest BCUT2D eigenvalue weighted by Crippen LogP contribution is 2.35. The van der Waals surface area contributed by atoms with Crippen LogP contribution < -0.4 is 14.2 Å².